The first-order valence-electron chi connectivity index (χ1n) is 5.57. The normalized spacial score (nSPS) is 17.2. The van der Waals surface area contributed by atoms with Crippen molar-refractivity contribution in [2.24, 2.45) is 5.41 Å². The molecule has 0 unspecified atom stereocenters. The fourth-order valence-corrected chi connectivity index (χ4v) is 1.96. The number of carbonyl (C=O) groups is 2. The summed E-state index contributed by atoms with van der Waals surface area (Å²) in [5.74, 6) is -1.61. The minimum absolute atomic E-state index is 0.0552. The van der Waals surface area contributed by atoms with Gasteiger partial charge in [-0.15, -0.1) is 0 Å². The number of aromatic amines is 1. The first kappa shape index (κ1) is 11.6. The minimum atomic E-state index is -1.18. The molecule has 17 heavy (non-hydrogen) atoms. The number of hydrogen-bond donors (Lipinski definition) is 3. The fraction of sp³-hybridized carbons (Fsp3) is 0.545. The molecule has 0 radical (unpaired) electrons. The zero-order valence-electron chi connectivity index (χ0n) is 9.62. The predicted octanol–water partition coefficient (Wildman–Crippen LogP) is 1.03. The van der Waals surface area contributed by atoms with E-state index in [4.69, 9.17) is 5.11 Å². The highest BCUT2D eigenvalue weighted by atomic mass is 16.4. The van der Waals surface area contributed by atoms with Crippen LogP contribution in [0.1, 0.15) is 47.2 Å². The van der Waals surface area contributed by atoms with Crippen LogP contribution in [0.15, 0.2) is 6.33 Å². The number of rotatable bonds is 4. The lowest BCUT2D eigenvalue weighted by atomic mass is 9.70. The Morgan fingerprint density at radius 3 is 2.82 bits per heavy atom. The number of nitrogens with zero attached hydrogens (tertiary/aromatic N) is 1. The van der Waals surface area contributed by atoms with Gasteiger partial charge in [0.15, 0.2) is 11.4 Å². The standard InChI is InChI=1S/C11H15N3O3/c1-11(3-2-4-11)5-12-9(15)7-8(10(16)17)14-6-13-7/h6H,2-5H2,1H3,(H,12,15)(H,13,14)(H,16,17). The summed E-state index contributed by atoms with van der Waals surface area (Å²) in [5, 5.41) is 11.6. The summed E-state index contributed by atoms with van der Waals surface area (Å²) in [6.07, 6.45) is 4.60. The smallest absolute Gasteiger partial charge is 0.354 e. The number of hydrogen-bond acceptors (Lipinski definition) is 3. The molecule has 0 atom stereocenters. The number of carboxylic acid groups (broad SMARTS) is 1. The highest BCUT2D eigenvalue weighted by molar-refractivity contribution is 6.02. The summed E-state index contributed by atoms with van der Waals surface area (Å²) >= 11 is 0. The molecule has 1 aromatic heterocycles. The van der Waals surface area contributed by atoms with Crippen molar-refractivity contribution in [2.45, 2.75) is 26.2 Å². The molecular formula is C11H15N3O3. The Hall–Kier alpha value is -1.85. The maximum atomic E-state index is 11.8. The van der Waals surface area contributed by atoms with Crippen LogP contribution in [-0.4, -0.2) is 33.5 Å². The molecule has 0 spiro atoms. The maximum Gasteiger partial charge on any atom is 0.354 e. The topological polar surface area (TPSA) is 95.1 Å². The number of amides is 1. The second kappa shape index (κ2) is 4.20. The molecule has 92 valence electrons. The van der Waals surface area contributed by atoms with Crippen molar-refractivity contribution in [1.82, 2.24) is 15.3 Å². The molecule has 1 amide bonds. The van der Waals surface area contributed by atoms with Gasteiger partial charge >= 0.3 is 5.97 Å². The second-order valence-electron chi connectivity index (χ2n) is 4.78. The third kappa shape index (κ3) is 2.30. The SMILES string of the molecule is CC1(CNC(=O)c2nc[nH]c2C(=O)O)CCC1. The number of aromatic carboxylic acids is 1. The summed E-state index contributed by atoms with van der Waals surface area (Å²) < 4.78 is 0. The van der Waals surface area contributed by atoms with Crippen LogP contribution < -0.4 is 5.32 Å². The maximum absolute atomic E-state index is 11.8. The molecule has 6 heteroatoms. The first-order chi connectivity index (χ1) is 8.02. The molecule has 0 bridgehead atoms. The molecule has 0 aliphatic heterocycles. The van der Waals surface area contributed by atoms with Crippen molar-refractivity contribution < 1.29 is 14.7 Å². The van der Waals surface area contributed by atoms with Crippen molar-refractivity contribution in [3.63, 3.8) is 0 Å². The molecule has 0 saturated heterocycles. The van der Waals surface area contributed by atoms with Gasteiger partial charge in [0, 0.05) is 6.54 Å². The average molecular weight is 237 g/mol. The number of H-pyrrole nitrogens is 1. The van der Waals surface area contributed by atoms with Gasteiger partial charge in [-0.25, -0.2) is 9.78 Å². The Morgan fingerprint density at radius 2 is 2.29 bits per heavy atom. The number of aromatic nitrogens is 2. The van der Waals surface area contributed by atoms with Crippen LogP contribution in [0.5, 0.6) is 0 Å². The summed E-state index contributed by atoms with van der Waals surface area (Å²) in [5.41, 5.74) is -0.0586. The zero-order chi connectivity index (χ0) is 12.5. The molecule has 0 aromatic carbocycles. The van der Waals surface area contributed by atoms with E-state index in [1.165, 1.54) is 12.7 Å². The van der Waals surface area contributed by atoms with Gasteiger partial charge < -0.3 is 15.4 Å². The van der Waals surface area contributed by atoms with E-state index < -0.39 is 11.9 Å². The van der Waals surface area contributed by atoms with Crippen molar-refractivity contribution in [1.29, 1.82) is 0 Å². The number of nitrogens with one attached hydrogen (secondary N) is 2. The molecule has 1 aliphatic carbocycles. The van der Waals surface area contributed by atoms with Crippen LogP contribution >= 0.6 is 0 Å². The van der Waals surface area contributed by atoms with E-state index in [1.54, 1.807) is 0 Å². The van der Waals surface area contributed by atoms with Gasteiger partial charge in [-0.3, -0.25) is 4.79 Å². The zero-order valence-corrected chi connectivity index (χ0v) is 9.62. The quantitative estimate of drug-likeness (QED) is 0.728. The lowest BCUT2D eigenvalue weighted by molar-refractivity contribution is 0.0683. The van der Waals surface area contributed by atoms with Gasteiger partial charge in [-0.2, -0.15) is 0 Å². The van der Waals surface area contributed by atoms with Gasteiger partial charge in [-0.05, 0) is 18.3 Å². The van der Waals surface area contributed by atoms with Crippen molar-refractivity contribution in [3.8, 4) is 0 Å². The number of imidazole rings is 1. The molecular weight excluding hydrogens is 222 g/mol. The van der Waals surface area contributed by atoms with Gasteiger partial charge in [0.1, 0.15) is 0 Å². The first-order valence-corrected chi connectivity index (χ1v) is 5.57. The Bertz CT molecular complexity index is 449. The second-order valence-corrected chi connectivity index (χ2v) is 4.78. The van der Waals surface area contributed by atoms with Gasteiger partial charge in [-0.1, -0.05) is 13.3 Å². The van der Waals surface area contributed by atoms with Crippen molar-refractivity contribution in [2.75, 3.05) is 6.54 Å². The third-order valence-electron chi connectivity index (χ3n) is 3.30. The molecule has 1 saturated carbocycles. The fourth-order valence-electron chi connectivity index (χ4n) is 1.96. The third-order valence-corrected chi connectivity index (χ3v) is 3.30. The molecule has 3 N–H and O–H groups in total. The predicted molar refractivity (Wildman–Crippen MR) is 59.8 cm³/mol. The minimum Gasteiger partial charge on any atom is -0.477 e. The van der Waals surface area contributed by atoms with E-state index in [0.717, 1.165) is 12.8 Å². The van der Waals surface area contributed by atoms with Gasteiger partial charge in [0.25, 0.3) is 5.91 Å². The van der Waals surface area contributed by atoms with Crippen LogP contribution in [0.4, 0.5) is 0 Å². The van der Waals surface area contributed by atoms with E-state index >= 15 is 0 Å². The molecule has 1 heterocycles. The Kier molecular flexibility index (Phi) is 2.87. The van der Waals surface area contributed by atoms with E-state index in [9.17, 15) is 9.59 Å². The number of carboxylic acids is 1. The number of carbonyl (C=O) groups excluding carboxylic acids is 1. The Balaban J connectivity index is 1.99. The summed E-state index contributed by atoms with van der Waals surface area (Å²) in [4.78, 5) is 28.7. The summed E-state index contributed by atoms with van der Waals surface area (Å²) in [7, 11) is 0. The average Bonchev–Trinajstić information content (AvgIpc) is 2.72. The van der Waals surface area contributed by atoms with E-state index in [1.807, 2.05) is 0 Å². The van der Waals surface area contributed by atoms with Crippen LogP contribution in [0.25, 0.3) is 0 Å². The molecule has 2 rings (SSSR count). The monoisotopic (exact) mass is 237 g/mol. The van der Waals surface area contributed by atoms with Crippen LogP contribution in [0.2, 0.25) is 0 Å². The summed E-state index contributed by atoms with van der Waals surface area (Å²) in [6, 6.07) is 0. The Labute approximate surface area is 98.4 Å². The lowest BCUT2D eigenvalue weighted by Gasteiger charge is -2.38. The van der Waals surface area contributed by atoms with Crippen LogP contribution in [0, 0.1) is 5.41 Å². The van der Waals surface area contributed by atoms with Crippen molar-refractivity contribution in [3.05, 3.63) is 17.7 Å². The van der Waals surface area contributed by atoms with E-state index in [-0.39, 0.29) is 16.8 Å². The van der Waals surface area contributed by atoms with Crippen LogP contribution in [0.3, 0.4) is 0 Å². The van der Waals surface area contributed by atoms with Gasteiger partial charge in [0.05, 0.1) is 6.33 Å². The lowest BCUT2D eigenvalue weighted by Crippen LogP contribution is -2.40. The van der Waals surface area contributed by atoms with E-state index in [2.05, 4.69) is 22.2 Å². The Morgan fingerprint density at radius 1 is 1.59 bits per heavy atom. The van der Waals surface area contributed by atoms with E-state index in [0.29, 0.717) is 6.54 Å². The van der Waals surface area contributed by atoms with Gasteiger partial charge in [0.2, 0.25) is 0 Å². The highest BCUT2D eigenvalue weighted by Gasteiger charge is 2.32. The highest BCUT2D eigenvalue weighted by Crippen LogP contribution is 2.39. The molecule has 1 fully saturated rings. The van der Waals surface area contributed by atoms with Crippen molar-refractivity contribution >= 4 is 11.9 Å². The molecule has 1 aliphatic rings. The largest absolute Gasteiger partial charge is 0.477 e. The van der Waals surface area contributed by atoms with Crippen LogP contribution in [-0.2, 0) is 0 Å². The molecule has 1 aromatic rings. The summed E-state index contributed by atoms with van der Waals surface area (Å²) in [6.45, 7) is 2.68. The molecule has 6 nitrogen and oxygen atoms in total.